The number of benzene rings is 1. The molecule has 0 aliphatic carbocycles. The molecule has 17 heavy (non-hydrogen) atoms. The number of rotatable bonds is 2. The maximum Gasteiger partial charge on any atom is 0.221 e. The molecule has 1 aromatic carbocycles. The van der Waals surface area contributed by atoms with E-state index in [-0.39, 0.29) is 5.95 Å². The van der Waals surface area contributed by atoms with Crippen LogP contribution in [-0.2, 0) is 0 Å². The van der Waals surface area contributed by atoms with Crippen LogP contribution < -0.4 is 10.5 Å². The van der Waals surface area contributed by atoms with E-state index in [1.165, 1.54) is 0 Å². The van der Waals surface area contributed by atoms with Gasteiger partial charge in [-0.2, -0.15) is 0 Å². The van der Waals surface area contributed by atoms with Gasteiger partial charge in [0, 0.05) is 11.6 Å². The number of anilines is 1. The zero-order chi connectivity index (χ0) is 12.4. The van der Waals surface area contributed by atoms with Gasteiger partial charge in [-0.1, -0.05) is 17.7 Å². The molecule has 1 heterocycles. The van der Waals surface area contributed by atoms with E-state index in [1.807, 2.05) is 25.1 Å². The first kappa shape index (κ1) is 11.7. The van der Waals surface area contributed by atoms with Gasteiger partial charge in [-0.25, -0.2) is 9.97 Å². The molecule has 0 fully saturated rings. The SMILES string of the molecule is COc1ccc(C)c(-c2cc(Cl)nc(N)n2)c1. The molecular weight excluding hydrogens is 238 g/mol. The van der Waals surface area contributed by atoms with Crippen molar-refractivity contribution >= 4 is 17.5 Å². The standard InChI is InChI=1S/C12H12ClN3O/c1-7-3-4-8(17-2)5-9(7)10-6-11(13)16-12(14)15-10/h3-6H,1-2H3,(H2,14,15,16). The van der Waals surface area contributed by atoms with Crippen LogP contribution in [-0.4, -0.2) is 17.1 Å². The van der Waals surface area contributed by atoms with Crippen molar-refractivity contribution in [3.63, 3.8) is 0 Å². The molecule has 0 unspecified atom stereocenters. The van der Waals surface area contributed by atoms with Gasteiger partial charge in [0.2, 0.25) is 5.95 Å². The fourth-order valence-corrected chi connectivity index (χ4v) is 1.77. The van der Waals surface area contributed by atoms with E-state index in [4.69, 9.17) is 22.1 Å². The number of halogens is 1. The summed E-state index contributed by atoms with van der Waals surface area (Å²) in [5, 5.41) is 0.328. The monoisotopic (exact) mass is 249 g/mol. The lowest BCUT2D eigenvalue weighted by molar-refractivity contribution is 0.415. The molecule has 0 radical (unpaired) electrons. The van der Waals surface area contributed by atoms with Crippen molar-refractivity contribution in [2.75, 3.05) is 12.8 Å². The third-order valence-corrected chi connectivity index (χ3v) is 2.63. The van der Waals surface area contributed by atoms with Crippen LogP contribution in [0.15, 0.2) is 24.3 Å². The molecule has 0 spiro atoms. The van der Waals surface area contributed by atoms with E-state index in [0.29, 0.717) is 10.8 Å². The first-order valence-corrected chi connectivity index (χ1v) is 5.43. The van der Waals surface area contributed by atoms with E-state index >= 15 is 0 Å². The summed E-state index contributed by atoms with van der Waals surface area (Å²) < 4.78 is 5.18. The molecule has 0 saturated heterocycles. The molecule has 0 aliphatic heterocycles. The molecule has 88 valence electrons. The Balaban J connectivity index is 2.58. The number of aromatic nitrogens is 2. The molecule has 0 aliphatic rings. The molecule has 1 aromatic heterocycles. The smallest absolute Gasteiger partial charge is 0.221 e. The Morgan fingerprint density at radius 2 is 2.00 bits per heavy atom. The summed E-state index contributed by atoms with van der Waals surface area (Å²) in [7, 11) is 1.62. The minimum Gasteiger partial charge on any atom is -0.497 e. The third-order valence-electron chi connectivity index (χ3n) is 2.43. The number of ether oxygens (including phenoxy) is 1. The average molecular weight is 250 g/mol. The van der Waals surface area contributed by atoms with Crippen molar-refractivity contribution in [3.8, 4) is 17.0 Å². The number of nitrogen functional groups attached to an aromatic ring is 1. The van der Waals surface area contributed by atoms with Gasteiger partial charge in [0.15, 0.2) is 0 Å². The lowest BCUT2D eigenvalue weighted by Crippen LogP contribution is -1.97. The summed E-state index contributed by atoms with van der Waals surface area (Å²) in [6, 6.07) is 7.43. The quantitative estimate of drug-likeness (QED) is 0.832. The molecule has 0 amide bonds. The van der Waals surface area contributed by atoms with E-state index < -0.39 is 0 Å². The van der Waals surface area contributed by atoms with Crippen LogP contribution in [0.1, 0.15) is 5.56 Å². The predicted octanol–water partition coefficient (Wildman–Crippen LogP) is 2.70. The van der Waals surface area contributed by atoms with Gasteiger partial charge < -0.3 is 10.5 Å². The highest BCUT2D eigenvalue weighted by atomic mass is 35.5. The minimum atomic E-state index is 0.162. The zero-order valence-corrected chi connectivity index (χ0v) is 10.3. The molecule has 0 saturated carbocycles. The molecule has 2 N–H and O–H groups in total. The van der Waals surface area contributed by atoms with Crippen molar-refractivity contribution in [2.24, 2.45) is 0 Å². The first-order valence-electron chi connectivity index (χ1n) is 5.05. The predicted molar refractivity (Wildman–Crippen MR) is 68.2 cm³/mol. The summed E-state index contributed by atoms with van der Waals surface area (Å²) in [5.41, 5.74) is 8.27. The Morgan fingerprint density at radius 3 is 2.65 bits per heavy atom. The van der Waals surface area contributed by atoms with Gasteiger partial charge in [0.1, 0.15) is 10.9 Å². The Kier molecular flexibility index (Phi) is 3.15. The topological polar surface area (TPSA) is 61.0 Å². The van der Waals surface area contributed by atoms with Crippen molar-refractivity contribution in [1.82, 2.24) is 9.97 Å². The summed E-state index contributed by atoms with van der Waals surface area (Å²) in [6.45, 7) is 1.99. The third kappa shape index (κ3) is 2.47. The summed E-state index contributed by atoms with van der Waals surface area (Å²) in [5.74, 6) is 0.925. The average Bonchev–Trinajstić information content (AvgIpc) is 2.28. The van der Waals surface area contributed by atoms with Crippen molar-refractivity contribution in [1.29, 1.82) is 0 Å². The van der Waals surface area contributed by atoms with Crippen LogP contribution in [0.4, 0.5) is 5.95 Å². The van der Waals surface area contributed by atoms with Crippen LogP contribution in [0.5, 0.6) is 5.75 Å². The van der Waals surface area contributed by atoms with E-state index in [9.17, 15) is 0 Å². The minimum absolute atomic E-state index is 0.162. The molecule has 0 bridgehead atoms. The summed E-state index contributed by atoms with van der Waals surface area (Å²) in [6.07, 6.45) is 0. The van der Waals surface area contributed by atoms with Gasteiger partial charge in [-0.05, 0) is 24.6 Å². The first-order chi connectivity index (χ1) is 8.10. The molecular formula is C12H12ClN3O. The number of aryl methyl sites for hydroxylation is 1. The fraction of sp³-hybridized carbons (Fsp3) is 0.167. The Morgan fingerprint density at radius 1 is 1.24 bits per heavy atom. The number of nitrogens with zero attached hydrogens (tertiary/aromatic N) is 2. The number of methoxy groups -OCH3 is 1. The van der Waals surface area contributed by atoms with Gasteiger partial charge in [0.05, 0.1) is 12.8 Å². The highest BCUT2D eigenvalue weighted by Crippen LogP contribution is 2.27. The largest absolute Gasteiger partial charge is 0.497 e. The Bertz CT molecular complexity index is 537. The lowest BCUT2D eigenvalue weighted by Gasteiger charge is -2.08. The zero-order valence-electron chi connectivity index (χ0n) is 9.57. The van der Waals surface area contributed by atoms with Crippen LogP contribution in [0.2, 0.25) is 5.15 Å². The molecule has 2 rings (SSSR count). The lowest BCUT2D eigenvalue weighted by atomic mass is 10.1. The van der Waals surface area contributed by atoms with Gasteiger partial charge in [-0.15, -0.1) is 0 Å². The van der Waals surface area contributed by atoms with Crippen molar-refractivity contribution in [3.05, 3.63) is 35.0 Å². The van der Waals surface area contributed by atoms with E-state index in [0.717, 1.165) is 16.9 Å². The Hall–Kier alpha value is -1.81. The molecule has 0 atom stereocenters. The highest BCUT2D eigenvalue weighted by Gasteiger charge is 2.08. The van der Waals surface area contributed by atoms with Crippen LogP contribution >= 0.6 is 11.6 Å². The second-order valence-corrected chi connectivity index (χ2v) is 4.00. The highest BCUT2D eigenvalue weighted by molar-refractivity contribution is 6.29. The van der Waals surface area contributed by atoms with Crippen molar-refractivity contribution in [2.45, 2.75) is 6.92 Å². The number of hydrogen-bond acceptors (Lipinski definition) is 4. The van der Waals surface area contributed by atoms with Crippen LogP contribution in [0.3, 0.4) is 0 Å². The maximum absolute atomic E-state index is 5.86. The second-order valence-electron chi connectivity index (χ2n) is 3.61. The normalized spacial score (nSPS) is 10.3. The van der Waals surface area contributed by atoms with Crippen LogP contribution in [0, 0.1) is 6.92 Å². The Labute approximate surface area is 104 Å². The van der Waals surface area contributed by atoms with Gasteiger partial charge >= 0.3 is 0 Å². The van der Waals surface area contributed by atoms with Gasteiger partial charge in [0.25, 0.3) is 0 Å². The van der Waals surface area contributed by atoms with E-state index in [2.05, 4.69) is 9.97 Å². The summed E-state index contributed by atoms with van der Waals surface area (Å²) >= 11 is 5.86. The van der Waals surface area contributed by atoms with Crippen molar-refractivity contribution < 1.29 is 4.74 Å². The van der Waals surface area contributed by atoms with Gasteiger partial charge in [-0.3, -0.25) is 0 Å². The number of hydrogen-bond donors (Lipinski definition) is 1. The summed E-state index contributed by atoms with van der Waals surface area (Å²) in [4.78, 5) is 8.00. The maximum atomic E-state index is 5.86. The molecule has 5 heteroatoms. The molecule has 2 aromatic rings. The van der Waals surface area contributed by atoms with Crippen LogP contribution in [0.25, 0.3) is 11.3 Å². The molecule has 4 nitrogen and oxygen atoms in total. The second kappa shape index (κ2) is 4.59. The van der Waals surface area contributed by atoms with E-state index in [1.54, 1.807) is 13.2 Å². The fourth-order valence-electron chi connectivity index (χ4n) is 1.58. The number of nitrogens with two attached hydrogens (primary N) is 1.